The van der Waals surface area contributed by atoms with Gasteiger partial charge in [0.2, 0.25) is 0 Å². The highest BCUT2D eigenvalue weighted by Gasteiger charge is 2.27. The third-order valence-electron chi connectivity index (χ3n) is 4.94. The SMILES string of the molecule is O=[N+]([O-])c1cccc(C2Nc3ccccc3-c3cc(-c4ccccc4)nn32)c1. The Bertz CT molecular complexity index is 1180. The van der Waals surface area contributed by atoms with E-state index in [-0.39, 0.29) is 16.8 Å². The van der Waals surface area contributed by atoms with E-state index in [2.05, 4.69) is 11.4 Å². The first kappa shape index (κ1) is 16.3. The molecule has 0 spiro atoms. The Morgan fingerprint density at radius 3 is 2.54 bits per heavy atom. The van der Waals surface area contributed by atoms with Gasteiger partial charge in [0.05, 0.1) is 16.3 Å². The van der Waals surface area contributed by atoms with Crippen molar-refractivity contribution in [1.82, 2.24) is 9.78 Å². The second kappa shape index (κ2) is 6.35. The van der Waals surface area contributed by atoms with Crippen LogP contribution in [0.4, 0.5) is 11.4 Å². The summed E-state index contributed by atoms with van der Waals surface area (Å²) in [5.74, 6) is 0. The van der Waals surface area contributed by atoms with Crippen LogP contribution in [0, 0.1) is 10.1 Å². The van der Waals surface area contributed by atoms with Crippen molar-refractivity contribution in [2.75, 3.05) is 5.32 Å². The highest BCUT2D eigenvalue weighted by atomic mass is 16.6. The molecule has 6 nitrogen and oxygen atoms in total. The molecule has 2 heterocycles. The number of hydrogen-bond donors (Lipinski definition) is 1. The first-order chi connectivity index (χ1) is 13.7. The van der Waals surface area contributed by atoms with Crippen LogP contribution in [-0.4, -0.2) is 14.7 Å². The van der Waals surface area contributed by atoms with E-state index < -0.39 is 0 Å². The molecule has 136 valence electrons. The molecule has 0 bridgehead atoms. The number of fused-ring (bicyclic) bond motifs is 3. The fraction of sp³-hybridized carbons (Fsp3) is 0.0455. The van der Waals surface area contributed by atoms with Gasteiger partial charge in [0.25, 0.3) is 5.69 Å². The molecule has 1 aliphatic heterocycles. The van der Waals surface area contributed by atoms with Gasteiger partial charge in [-0.25, -0.2) is 4.68 Å². The van der Waals surface area contributed by atoms with Gasteiger partial charge in [-0.1, -0.05) is 60.7 Å². The molecule has 0 aliphatic carbocycles. The van der Waals surface area contributed by atoms with Gasteiger partial charge in [0.15, 0.2) is 0 Å². The Morgan fingerprint density at radius 2 is 1.71 bits per heavy atom. The van der Waals surface area contributed by atoms with Crippen LogP contribution in [0.15, 0.2) is 84.9 Å². The van der Waals surface area contributed by atoms with Gasteiger partial charge in [-0.05, 0) is 12.1 Å². The fourth-order valence-corrected chi connectivity index (χ4v) is 3.62. The lowest BCUT2D eigenvalue weighted by molar-refractivity contribution is -0.384. The van der Waals surface area contributed by atoms with Crippen LogP contribution < -0.4 is 5.32 Å². The standard InChI is InChI=1S/C22H16N4O2/c27-26(28)17-10-6-9-16(13-17)22-23-19-12-5-4-11-18(19)21-14-20(24-25(21)22)15-7-2-1-3-8-15/h1-14,22-23H. The van der Waals surface area contributed by atoms with Crippen LogP contribution in [-0.2, 0) is 0 Å². The summed E-state index contributed by atoms with van der Waals surface area (Å²) in [5.41, 5.74) is 5.75. The molecule has 1 aromatic heterocycles. The van der Waals surface area contributed by atoms with E-state index in [1.165, 1.54) is 6.07 Å². The maximum atomic E-state index is 11.2. The third-order valence-corrected chi connectivity index (χ3v) is 4.94. The second-order valence-corrected chi connectivity index (χ2v) is 6.67. The highest BCUT2D eigenvalue weighted by Crippen LogP contribution is 2.40. The van der Waals surface area contributed by atoms with Crippen LogP contribution in [0.3, 0.4) is 0 Å². The molecular formula is C22H16N4O2. The lowest BCUT2D eigenvalue weighted by atomic mass is 10.0. The molecular weight excluding hydrogens is 352 g/mol. The molecule has 4 aromatic rings. The summed E-state index contributed by atoms with van der Waals surface area (Å²) in [7, 11) is 0. The Kier molecular flexibility index (Phi) is 3.69. The Hall–Kier alpha value is -3.93. The Morgan fingerprint density at radius 1 is 0.929 bits per heavy atom. The minimum Gasteiger partial charge on any atom is -0.359 e. The van der Waals surface area contributed by atoms with E-state index in [0.717, 1.165) is 33.8 Å². The predicted octanol–water partition coefficient (Wildman–Crippen LogP) is 5.10. The quantitative estimate of drug-likeness (QED) is 0.403. The molecule has 3 aromatic carbocycles. The summed E-state index contributed by atoms with van der Waals surface area (Å²) < 4.78 is 1.91. The van der Waals surface area contributed by atoms with Crippen LogP contribution >= 0.6 is 0 Å². The first-order valence-corrected chi connectivity index (χ1v) is 8.96. The fourth-order valence-electron chi connectivity index (χ4n) is 3.62. The highest BCUT2D eigenvalue weighted by molar-refractivity contribution is 5.81. The molecule has 1 N–H and O–H groups in total. The van der Waals surface area contributed by atoms with Crippen molar-refractivity contribution in [1.29, 1.82) is 0 Å². The zero-order valence-electron chi connectivity index (χ0n) is 14.8. The monoisotopic (exact) mass is 368 g/mol. The number of aromatic nitrogens is 2. The number of nitro benzene ring substituents is 1. The van der Waals surface area contributed by atoms with E-state index in [0.29, 0.717) is 0 Å². The van der Waals surface area contributed by atoms with Crippen molar-refractivity contribution in [3.8, 4) is 22.5 Å². The van der Waals surface area contributed by atoms with Crippen LogP contribution in [0.1, 0.15) is 11.7 Å². The van der Waals surface area contributed by atoms with Gasteiger partial charge in [0.1, 0.15) is 6.17 Å². The van der Waals surface area contributed by atoms with E-state index >= 15 is 0 Å². The van der Waals surface area contributed by atoms with E-state index in [4.69, 9.17) is 5.10 Å². The van der Waals surface area contributed by atoms with Gasteiger partial charge < -0.3 is 5.32 Å². The van der Waals surface area contributed by atoms with Crippen LogP contribution in [0.5, 0.6) is 0 Å². The van der Waals surface area contributed by atoms with Gasteiger partial charge in [-0.15, -0.1) is 0 Å². The summed E-state index contributed by atoms with van der Waals surface area (Å²) in [5, 5.41) is 19.5. The van der Waals surface area contributed by atoms with Crippen molar-refractivity contribution >= 4 is 11.4 Å². The number of non-ortho nitro benzene ring substituents is 1. The molecule has 1 unspecified atom stereocenters. The number of anilines is 1. The molecule has 1 atom stereocenters. The molecule has 5 rings (SSSR count). The number of nitrogens with one attached hydrogen (secondary N) is 1. The van der Waals surface area contributed by atoms with Crippen LogP contribution in [0.25, 0.3) is 22.5 Å². The molecule has 1 aliphatic rings. The average Bonchev–Trinajstić information content (AvgIpc) is 3.20. The number of nitro groups is 1. The van der Waals surface area contributed by atoms with Crippen molar-refractivity contribution in [2.45, 2.75) is 6.17 Å². The zero-order valence-corrected chi connectivity index (χ0v) is 14.8. The summed E-state index contributed by atoms with van der Waals surface area (Å²) >= 11 is 0. The number of para-hydroxylation sites is 1. The molecule has 6 heteroatoms. The average molecular weight is 368 g/mol. The maximum Gasteiger partial charge on any atom is 0.269 e. The molecule has 0 saturated carbocycles. The summed E-state index contributed by atoms with van der Waals surface area (Å²) in [6.07, 6.45) is -0.331. The van der Waals surface area contributed by atoms with Crippen molar-refractivity contribution in [2.24, 2.45) is 0 Å². The van der Waals surface area contributed by atoms with E-state index in [1.54, 1.807) is 12.1 Å². The smallest absolute Gasteiger partial charge is 0.269 e. The van der Waals surface area contributed by atoms with E-state index in [9.17, 15) is 10.1 Å². The summed E-state index contributed by atoms with van der Waals surface area (Å²) in [6, 6.07) is 26.8. The van der Waals surface area contributed by atoms with Crippen molar-refractivity contribution in [3.05, 3.63) is 101 Å². The lowest BCUT2D eigenvalue weighted by Gasteiger charge is -2.29. The number of rotatable bonds is 3. The van der Waals surface area contributed by atoms with Crippen LogP contribution in [0.2, 0.25) is 0 Å². The number of nitrogens with zero attached hydrogens (tertiary/aromatic N) is 3. The lowest BCUT2D eigenvalue weighted by Crippen LogP contribution is -2.25. The van der Waals surface area contributed by atoms with Gasteiger partial charge in [-0.2, -0.15) is 5.10 Å². The number of benzene rings is 3. The normalized spacial score (nSPS) is 14.6. The third kappa shape index (κ3) is 2.63. The summed E-state index contributed by atoms with van der Waals surface area (Å²) in [4.78, 5) is 10.9. The summed E-state index contributed by atoms with van der Waals surface area (Å²) in [6.45, 7) is 0. The van der Waals surface area contributed by atoms with Crippen molar-refractivity contribution in [3.63, 3.8) is 0 Å². The molecule has 0 amide bonds. The topological polar surface area (TPSA) is 73.0 Å². The van der Waals surface area contributed by atoms with Gasteiger partial charge >= 0.3 is 0 Å². The Balaban J connectivity index is 1.69. The molecule has 0 saturated heterocycles. The predicted molar refractivity (Wildman–Crippen MR) is 108 cm³/mol. The first-order valence-electron chi connectivity index (χ1n) is 8.96. The van der Waals surface area contributed by atoms with Gasteiger partial charge in [-0.3, -0.25) is 10.1 Å². The molecule has 0 radical (unpaired) electrons. The van der Waals surface area contributed by atoms with Crippen molar-refractivity contribution < 1.29 is 4.92 Å². The Labute approximate surface area is 161 Å². The minimum absolute atomic E-state index is 0.0650. The second-order valence-electron chi connectivity index (χ2n) is 6.67. The van der Waals surface area contributed by atoms with Gasteiger partial charge in [0, 0.05) is 34.5 Å². The zero-order chi connectivity index (χ0) is 19.1. The molecule has 0 fully saturated rings. The minimum atomic E-state index is -0.375. The molecule has 28 heavy (non-hydrogen) atoms. The number of hydrogen-bond acceptors (Lipinski definition) is 4. The largest absolute Gasteiger partial charge is 0.359 e. The maximum absolute atomic E-state index is 11.2. The van der Waals surface area contributed by atoms with E-state index in [1.807, 2.05) is 65.3 Å².